The van der Waals surface area contributed by atoms with E-state index in [1.807, 2.05) is 0 Å². The third-order valence-electron chi connectivity index (χ3n) is 3.93. The largest absolute Gasteiger partial charge is 0.382 e. The van der Waals surface area contributed by atoms with Crippen LogP contribution in [-0.4, -0.2) is 75.4 Å². The Morgan fingerprint density at radius 1 is 1.48 bits per heavy atom. The van der Waals surface area contributed by atoms with Gasteiger partial charge in [0.05, 0.1) is 38.2 Å². The Labute approximate surface area is 148 Å². The van der Waals surface area contributed by atoms with E-state index in [0.717, 1.165) is 32.1 Å². The van der Waals surface area contributed by atoms with Crippen LogP contribution >= 0.6 is 0 Å². The number of hydrogen-bond donors (Lipinski definition) is 2. The molecule has 1 unspecified atom stereocenters. The van der Waals surface area contributed by atoms with Crippen molar-refractivity contribution in [3.63, 3.8) is 0 Å². The monoisotopic (exact) mass is 349 g/mol. The second-order valence-electron chi connectivity index (χ2n) is 5.86. The smallest absolute Gasteiger partial charge is 0.243 e. The highest BCUT2D eigenvalue weighted by Crippen LogP contribution is 2.16. The molecule has 1 aliphatic heterocycles. The van der Waals surface area contributed by atoms with Gasteiger partial charge in [0, 0.05) is 39.4 Å². The van der Waals surface area contributed by atoms with E-state index < -0.39 is 0 Å². The highest BCUT2D eigenvalue weighted by Gasteiger charge is 2.25. The molecule has 0 spiro atoms. The van der Waals surface area contributed by atoms with Gasteiger partial charge in [-0.05, 0) is 18.6 Å². The molecule has 8 nitrogen and oxygen atoms in total. The van der Waals surface area contributed by atoms with Gasteiger partial charge in [-0.1, -0.05) is 0 Å². The van der Waals surface area contributed by atoms with Gasteiger partial charge in [0.1, 0.15) is 0 Å². The van der Waals surface area contributed by atoms with Crippen LogP contribution in [0.15, 0.2) is 29.5 Å². The molecule has 1 aliphatic rings. The third kappa shape index (κ3) is 6.67. The summed E-state index contributed by atoms with van der Waals surface area (Å²) < 4.78 is 10.6. The standard InChI is InChI=1S/C17H27N5O3/c1-18-17(20-11-16(23)21-15-4-3-6-19-10-15)22-7-5-14(12-22)13-25-9-8-24-2/h3-4,6,10,14H,5,7-9,11-13H2,1-2H3,(H,18,20)(H,21,23). The predicted molar refractivity (Wildman–Crippen MR) is 96.6 cm³/mol. The number of nitrogens with one attached hydrogen (secondary N) is 2. The molecular formula is C17H27N5O3. The van der Waals surface area contributed by atoms with Crippen LogP contribution in [0.3, 0.4) is 0 Å². The molecule has 1 aromatic heterocycles. The number of carbonyl (C=O) groups is 1. The van der Waals surface area contributed by atoms with Gasteiger partial charge in [-0.3, -0.25) is 14.8 Å². The fourth-order valence-electron chi connectivity index (χ4n) is 2.69. The molecule has 138 valence electrons. The van der Waals surface area contributed by atoms with Gasteiger partial charge in [-0.25, -0.2) is 0 Å². The molecule has 0 bridgehead atoms. The van der Waals surface area contributed by atoms with Gasteiger partial charge >= 0.3 is 0 Å². The van der Waals surface area contributed by atoms with E-state index in [1.165, 1.54) is 0 Å². The molecule has 25 heavy (non-hydrogen) atoms. The Bertz CT molecular complexity index is 552. The number of carbonyl (C=O) groups excluding carboxylic acids is 1. The number of guanidine groups is 1. The summed E-state index contributed by atoms with van der Waals surface area (Å²) in [5, 5.41) is 5.90. The number of aliphatic imine (C=N–C) groups is 1. The molecule has 1 fully saturated rings. The fourth-order valence-corrected chi connectivity index (χ4v) is 2.69. The van der Waals surface area contributed by atoms with E-state index in [0.29, 0.717) is 24.8 Å². The van der Waals surface area contributed by atoms with E-state index in [-0.39, 0.29) is 12.5 Å². The van der Waals surface area contributed by atoms with Crippen LogP contribution in [0.1, 0.15) is 6.42 Å². The Morgan fingerprint density at radius 3 is 3.08 bits per heavy atom. The molecule has 2 heterocycles. The van der Waals surface area contributed by atoms with Crippen molar-refractivity contribution in [3.05, 3.63) is 24.5 Å². The number of pyridine rings is 1. The average Bonchev–Trinajstić information content (AvgIpc) is 3.09. The predicted octanol–water partition coefficient (Wildman–Crippen LogP) is 0.580. The minimum atomic E-state index is -0.132. The Kier molecular flexibility index (Phi) is 8.14. The number of ether oxygens (including phenoxy) is 2. The summed E-state index contributed by atoms with van der Waals surface area (Å²) in [4.78, 5) is 22.4. The zero-order valence-corrected chi connectivity index (χ0v) is 14.9. The van der Waals surface area contributed by atoms with Crippen molar-refractivity contribution in [1.82, 2.24) is 15.2 Å². The van der Waals surface area contributed by atoms with Crippen LogP contribution in [0.25, 0.3) is 0 Å². The van der Waals surface area contributed by atoms with Crippen molar-refractivity contribution in [2.45, 2.75) is 6.42 Å². The lowest BCUT2D eigenvalue weighted by Gasteiger charge is -2.21. The quantitative estimate of drug-likeness (QED) is 0.406. The first-order valence-corrected chi connectivity index (χ1v) is 8.45. The first-order valence-electron chi connectivity index (χ1n) is 8.45. The lowest BCUT2D eigenvalue weighted by molar-refractivity contribution is -0.115. The third-order valence-corrected chi connectivity index (χ3v) is 3.93. The van der Waals surface area contributed by atoms with Crippen LogP contribution < -0.4 is 10.6 Å². The van der Waals surface area contributed by atoms with Crippen LogP contribution in [0.4, 0.5) is 5.69 Å². The minimum absolute atomic E-state index is 0.132. The maximum Gasteiger partial charge on any atom is 0.243 e. The number of methoxy groups -OCH3 is 1. The van der Waals surface area contributed by atoms with Crippen molar-refractivity contribution in [2.75, 3.05) is 58.9 Å². The maximum atomic E-state index is 12.0. The fraction of sp³-hybridized carbons (Fsp3) is 0.588. The highest BCUT2D eigenvalue weighted by atomic mass is 16.5. The van der Waals surface area contributed by atoms with Crippen LogP contribution in [0.5, 0.6) is 0 Å². The molecular weight excluding hydrogens is 322 g/mol. The number of likely N-dealkylation sites (tertiary alicyclic amines) is 1. The summed E-state index contributed by atoms with van der Waals surface area (Å²) >= 11 is 0. The number of nitrogens with zero attached hydrogens (tertiary/aromatic N) is 3. The SMILES string of the molecule is CN=C(NCC(=O)Nc1cccnc1)N1CCC(COCCOC)C1. The molecule has 1 saturated heterocycles. The topological polar surface area (TPSA) is 88.1 Å². The molecule has 1 aromatic rings. The zero-order valence-electron chi connectivity index (χ0n) is 14.9. The van der Waals surface area contributed by atoms with Gasteiger partial charge < -0.3 is 25.0 Å². The second kappa shape index (κ2) is 10.6. The first-order chi connectivity index (χ1) is 12.2. The molecule has 2 N–H and O–H groups in total. The molecule has 8 heteroatoms. The van der Waals surface area contributed by atoms with Crippen molar-refractivity contribution in [2.24, 2.45) is 10.9 Å². The molecule has 0 radical (unpaired) electrons. The number of rotatable bonds is 8. The molecule has 0 aliphatic carbocycles. The van der Waals surface area contributed by atoms with E-state index in [1.54, 1.807) is 38.7 Å². The van der Waals surface area contributed by atoms with E-state index >= 15 is 0 Å². The number of amides is 1. The zero-order chi connectivity index (χ0) is 17.9. The van der Waals surface area contributed by atoms with Crippen molar-refractivity contribution in [1.29, 1.82) is 0 Å². The summed E-state index contributed by atoms with van der Waals surface area (Å²) in [5.74, 6) is 1.08. The normalized spacial score (nSPS) is 17.6. The second-order valence-corrected chi connectivity index (χ2v) is 5.86. The maximum absolute atomic E-state index is 12.0. The lowest BCUT2D eigenvalue weighted by atomic mass is 10.1. The number of hydrogen-bond acceptors (Lipinski definition) is 5. The summed E-state index contributed by atoms with van der Waals surface area (Å²) in [7, 11) is 3.39. The van der Waals surface area contributed by atoms with Crippen LogP contribution in [0, 0.1) is 5.92 Å². The highest BCUT2D eigenvalue weighted by molar-refractivity contribution is 5.94. The molecule has 1 atom stereocenters. The van der Waals surface area contributed by atoms with E-state index in [2.05, 4.69) is 25.5 Å². The summed E-state index contributed by atoms with van der Waals surface area (Å²) in [5.41, 5.74) is 0.679. The molecule has 1 amide bonds. The van der Waals surface area contributed by atoms with Crippen molar-refractivity contribution in [3.8, 4) is 0 Å². The molecule has 2 rings (SSSR count). The van der Waals surface area contributed by atoms with E-state index in [4.69, 9.17) is 9.47 Å². The van der Waals surface area contributed by atoms with Gasteiger partial charge in [0.25, 0.3) is 0 Å². The van der Waals surface area contributed by atoms with Gasteiger partial charge in [-0.15, -0.1) is 0 Å². The van der Waals surface area contributed by atoms with Crippen LogP contribution in [0.2, 0.25) is 0 Å². The van der Waals surface area contributed by atoms with Gasteiger partial charge in [0.15, 0.2) is 5.96 Å². The summed E-state index contributed by atoms with van der Waals surface area (Å²) in [6, 6.07) is 3.58. The van der Waals surface area contributed by atoms with Gasteiger partial charge in [-0.2, -0.15) is 0 Å². The lowest BCUT2D eigenvalue weighted by Crippen LogP contribution is -2.43. The van der Waals surface area contributed by atoms with Gasteiger partial charge in [0.2, 0.25) is 5.91 Å². The Morgan fingerprint density at radius 2 is 2.36 bits per heavy atom. The summed E-state index contributed by atoms with van der Waals surface area (Å²) in [6.07, 6.45) is 4.33. The number of anilines is 1. The first kappa shape index (κ1) is 19.1. The Balaban J connectivity index is 1.70. The number of aromatic nitrogens is 1. The minimum Gasteiger partial charge on any atom is -0.382 e. The van der Waals surface area contributed by atoms with Crippen molar-refractivity contribution >= 4 is 17.6 Å². The molecule has 0 saturated carbocycles. The van der Waals surface area contributed by atoms with Crippen LogP contribution in [-0.2, 0) is 14.3 Å². The van der Waals surface area contributed by atoms with Crippen molar-refractivity contribution < 1.29 is 14.3 Å². The van der Waals surface area contributed by atoms with E-state index in [9.17, 15) is 4.79 Å². The molecule has 0 aromatic carbocycles. The summed E-state index contributed by atoms with van der Waals surface area (Å²) in [6.45, 7) is 3.89. The average molecular weight is 349 g/mol. The Hall–Kier alpha value is -2.19.